The smallest absolute Gasteiger partial charge is 0.314 e. The maximum Gasteiger partial charge on any atom is 0.314 e. The predicted octanol–water partition coefficient (Wildman–Crippen LogP) is 3.77. The van der Waals surface area contributed by atoms with Crippen molar-refractivity contribution in [3.05, 3.63) is 29.3 Å². The molecule has 126 valence electrons. The standard InChI is InChI=1S/C20H24N2O2/c1-21-17-14(16-13-7-11-22(12-8-13)18(16)21)5-4-6-15(17)20(19(23)24)9-2-3-10-20/h4-6,13H,2-3,7-12H2,1H3,(H,23,24). The second kappa shape index (κ2) is 4.78. The molecule has 1 aliphatic carbocycles. The van der Waals surface area contributed by atoms with Gasteiger partial charge in [-0.05, 0) is 37.2 Å². The molecule has 1 saturated carbocycles. The minimum atomic E-state index is -0.692. The number of carbonyl (C=O) groups is 1. The van der Waals surface area contributed by atoms with Crippen molar-refractivity contribution in [2.75, 3.05) is 18.0 Å². The van der Waals surface area contributed by atoms with Crippen LogP contribution in [0.2, 0.25) is 0 Å². The van der Waals surface area contributed by atoms with Gasteiger partial charge in [-0.2, -0.15) is 0 Å². The van der Waals surface area contributed by atoms with Gasteiger partial charge in [-0.25, -0.2) is 0 Å². The molecule has 4 nitrogen and oxygen atoms in total. The fourth-order valence-electron chi connectivity index (χ4n) is 5.66. The van der Waals surface area contributed by atoms with Crippen LogP contribution in [-0.2, 0) is 17.3 Å². The zero-order valence-electron chi connectivity index (χ0n) is 14.2. The van der Waals surface area contributed by atoms with Crippen molar-refractivity contribution < 1.29 is 9.90 Å². The van der Waals surface area contributed by atoms with E-state index in [-0.39, 0.29) is 0 Å². The minimum Gasteiger partial charge on any atom is -0.481 e. The maximum atomic E-state index is 12.2. The van der Waals surface area contributed by atoms with Crippen LogP contribution in [0.4, 0.5) is 5.82 Å². The van der Waals surface area contributed by atoms with Crippen LogP contribution in [0.15, 0.2) is 18.2 Å². The lowest BCUT2D eigenvalue weighted by Gasteiger charge is -2.41. The van der Waals surface area contributed by atoms with Gasteiger partial charge in [-0.15, -0.1) is 0 Å². The van der Waals surface area contributed by atoms with Crippen molar-refractivity contribution in [3.63, 3.8) is 0 Å². The number of aryl methyl sites for hydroxylation is 1. The van der Waals surface area contributed by atoms with Crippen LogP contribution >= 0.6 is 0 Å². The predicted molar refractivity (Wildman–Crippen MR) is 94.9 cm³/mol. The summed E-state index contributed by atoms with van der Waals surface area (Å²) in [5.41, 5.74) is 3.00. The molecule has 1 aromatic heterocycles. The summed E-state index contributed by atoms with van der Waals surface area (Å²) in [6.07, 6.45) is 6.04. The normalized spacial score (nSPS) is 22.3. The molecule has 0 spiro atoms. The van der Waals surface area contributed by atoms with E-state index in [4.69, 9.17) is 0 Å². The molecule has 0 amide bonds. The van der Waals surface area contributed by atoms with Crippen LogP contribution in [0.1, 0.15) is 55.6 Å². The van der Waals surface area contributed by atoms with Crippen molar-refractivity contribution in [2.45, 2.75) is 49.9 Å². The molecule has 4 heteroatoms. The number of fused-ring (bicyclic) bond motifs is 3. The van der Waals surface area contributed by atoms with Crippen molar-refractivity contribution in [3.8, 4) is 0 Å². The van der Waals surface area contributed by atoms with Gasteiger partial charge in [0.25, 0.3) is 0 Å². The Morgan fingerprint density at radius 3 is 2.58 bits per heavy atom. The van der Waals surface area contributed by atoms with Crippen LogP contribution in [-0.4, -0.2) is 28.7 Å². The molecular weight excluding hydrogens is 300 g/mol. The summed E-state index contributed by atoms with van der Waals surface area (Å²) in [5, 5.41) is 11.4. The quantitative estimate of drug-likeness (QED) is 0.914. The van der Waals surface area contributed by atoms with Gasteiger partial charge in [0, 0.05) is 31.1 Å². The number of para-hydroxylation sites is 1. The number of carboxylic acids is 1. The van der Waals surface area contributed by atoms with E-state index in [1.165, 1.54) is 35.1 Å². The van der Waals surface area contributed by atoms with E-state index < -0.39 is 11.4 Å². The summed E-state index contributed by atoms with van der Waals surface area (Å²) < 4.78 is 2.30. The molecule has 3 aliphatic heterocycles. The Labute approximate surface area is 142 Å². The Morgan fingerprint density at radius 1 is 1.21 bits per heavy atom. The van der Waals surface area contributed by atoms with Gasteiger partial charge >= 0.3 is 5.97 Å². The number of benzene rings is 1. The Morgan fingerprint density at radius 2 is 1.92 bits per heavy atom. The average Bonchev–Trinajstić information content (AvgIpc) is 3.22. The highest BCUT2D eigenvalue weighted by atomic mass is 16.4. The molecule has 6 rings (SSSR count). The molecular formula is C20H24N2O2. The highest BCUT2D eigenvalue weighted by Crippen LogP contribution is 2.51. The Bertz CT molecular complexity index is 837. The van der Waals surface area contributed by atoms with Gasteiger partial charge in [0.1, 0.15) is 5.82 Å². The summed E-state index contributed by atoms with van der Waals surface area (Å²) in [6, 6.07) is 6.37. The third-order valence-corrected chi connectivity index (χ3v) is 6.81. The molecule has 0 unspecified atom stereocenters. The van der Waals surface area contributed by atoms with Gasteiger partial charge in [0.2, 0.25) is 0 Å². The molecule has 2 bridgehead atoms. The first-order valence-electron chi connectivity index (χ1n) is 9.23. The first kappa shape index (κ1) is 14.4. The largest absolute Gasteiger partial charge is 0.481 e. The number of aromatic nitrogens is 1. The van der Waals surface area contributed by atoms with Gasteiger partial charge in [-0.3, -0.25) is 4.79 Å². The van der Waals surface area contributed by atoms with E-state index in [1.54, 1.807) is 0 Å². The lowest BCUT2D eigenvalue weighted by Crippen LogP contribution is -2.39. The third kappa shape index (κ3) is 1.61. The molecule has 1 N–H and O–H groups in total. The Balaban J connectivity index is 1.84. The topological polar surface area (TPSA) is 45.5 Å². The van der Waals surface area contributed by atoms with E-state index in [0.717, 1.165) is 44.3 Å². The fraction of sp³-hybridized carbons (Fsp3) is 0.550. The van der Waals surface area contributed by atoms with Crippen molar-refractivity contribution >= 4 is 22.7 Å². The van der Waals surface area contributed by atoms with E-state index in [2.05, 4.69) is 34.7 Å². The molecule has 0 atom stereocenters. The number of rotatable bonds is 2. The summed E-state index contributed by atoms with van der Waals surface area (Å²) in [6.45, 7) is 2.28. The van der Waals surface area contributed by atoms with Crippen molar-refractivity contribution in [2.24, 2.45) is 7.05 Å². The number of nitrogens with zero attached hydrogens (tertiary/aromatic N) is 2. The van der Waals surface area contributed by atoms with Gasteiger partial charge in [0.05, 0.1) is 10.9 Å². The first-order chi connectivity index (χ1) is 11.6. The Hall–Kier alpha value is -1.97. The lowest BCUT2D eigenvalue weighted by atomic mass is 9.77. The number of piperidine rings is 1. The molecule has 1 aromatic carbocycles. The minimum absolute atomic E-state index is 0.644. The second-order valence-corrected chi connectivity index (χ2v) is 7.85. The SMILES string of the molecule is Cn1c2c(c3cccc(C4(C(=O)O)CCCC4)c31)C1CCN2CC1. The van der Waals surface area contributed by atoms with E-state index in [1.807, 2.05) is 0 Å². The van der Waals surface area contributed by atoms with Crippen LogP contribution < -0.4 is 4.90 Å². The van der Waals surface area contributed by atoms with Crippen LogP contribution in [0.3, 0.4) is 0 Å². The number of anilines is 1. The van der Waals surface area contributed by atoms with Crippen molar-refractivity contribution in [1.82, 2.24) is 4.57 Å². The van der Waals surface area contributed by atoms with E-state index in [9.17, 15) is 9.90 Å². The monoisotopic (exact) mass is 324 g/mol. The average molecular weight is 324 g/mol. The fourth-order valence-corrected chi connectivity index (χ4v) is 5.66. The summed E-state index contributed by atoms with van der Waals surface area (Å²) >= 11 is 0. The van der Waals surface area contributed by atoms with Gasteiger partial charge < -0.3 is 14.6 Å². The zero-order valence-corrected chi connectivity index (χ0v) is 14.2. The van der Waals surface area contributed by atoms with Gasteiger partial charge in [-0.1, -0.05) is 31.0 Å². The van der Waals surface area contributed by atoms with Crippen LogP contribution in [0, 0.1) is 0 Å². The molecule has 4 aliphatic rings. The molecule has 24 heavy (non-hydrogen) atoms. The summed E-state index contributed by atoms with van der Waals surface area (Å²) in [4.78, 5) is 14.7. The first-order valence-corrected chi connectivity index (χ1v) is 9.23. The number of hydrogen-bond donors (Lipinski definition) is 1. The van der Waals surface area contributed by atoms with Crippen LogP contribution in [0.5, 0.6) is 0 Å². The van der Waals surface area contributed by atoms with Crippen LogP contribution in [0.25, 0.3) is 10.9 Å². The summed E-state index contributed by atoms with van der Waals surface area (Å²) in [7, 11) is 2.13. The Kier molecular flexibility index (Phi) is 2.86. The number of hydrogen-bond acceptors (Lipinski definition) is 2. The highest BCUT2D eigenvalue weighted by molar-refractivity contribution is 5.97. The lowest BCUT2D eigenvalue weighted by molar-refractivity contribution is -0.143. The highest BCUT2D eigenvalue weighted by Gasteiger charge is 2.45. The van der Waals surface area contributed by atoms with E-state index >= 15 is 0 Å². The molecule has 4 heterocycles. The summed E-state index contributed by atoms with van der Waals surface area (Å²) in [5.74, 6) is 1.35. The zero-order chi connectivity index (χ0) is 16.5. The molecule has 1 saturated heterocycles. The van der Waals surface area contributed by atoms with Gasteiger partial charge in [0.15, 0.2) is 0 Å². The molecule has 2 fully saturated rings. The second-order valence-electron chi connectivity index (χ2n) is 7.85. The number of carboxylic acid groups (broad SMARTS) is 1. The van der Waals surface area contributed by atoms with E-state index in [0.29, 0.717) is 5.92 Å². The third-order valence-electron chi connectivity index (χ3n) is 6.81. The number of aliphatic carboxylic acids is 1. The van der Waals surface area contributed by atoms with Crippen molar-refractivity contribution in [1.29, 1.82) is 0 Å². The molecule has 2 aromatic rings. The molecule has 0 radical (unpaired) electrons. The maximum absolute atomic E-state index is 12.2.